The van der Waals surface area contributed by atoms with Crippen molar-refractivity contribution in [1.82, 2.24) is 4.72 Å². The number of aryl methyl sites for hydroxylation is 1. The molecule has 1 N–H and O–H groups in total. The van der Waals surface area contributed by atoms with Gasteiger partial charge in [0.2, 0.25) is 15.8 Å². The number of benzene rings is 1. The molecule has 0 aliphatic heterocycles. The predicted molar refractivity (Wildman–Crippen MR) is 72.4 cm³/mol. The molecule has 1 aromatic carbocycles. The highest BCUT2D eigenvalue weighted by molar-refractivity contribution is 7.89. The number of rotatable bonds is 7. The van der Waals surface area contributed by atoms with Gasteiger partial charge in [0.1, 0.15) is 0 Å². The van der Waals surface area contributed by atoms with Crippen LogP contribution >= 0.6 is 0 Å². The van der Waals surface area contributed by atoms with Crippen molar-refractivity contribution < 1.29 is 17.7 Å². The van der Waals surface area contributed by atoms with Gasteiger partial charge in [0.15, 0.2) is 0 Å². The molecule has 0 saturated carbocycles. The van der Waals surface area contributed by atoms with Crippen LogP contribution in [0.25, 0.3) is 0 Å². The van der Waals surface area contributed by atoms with Crippen molar-refractivity contribution >= 4 is 15.7 Å². The van der Waals surface area contributed by atoms with Crippen molar-refractivity contribution in [3.8, 4) is 6.07 Å². The van der Waals surface area contributed by atoms with Crippen LogP contribution in [-0.2, 0) is 10.0 Å². The lowest BCUT2D eigenvalue weighted by atomic mass is 10.2. The van der Waals surface area contributed by atoms with E-state index in [2.05, 4.69) is 4.72 Å². The summed E-state index contributed by atoms with van der Waals surface area (Å²) in [6.07, 6.45) is 1.33. The molecular weight excluding hydrogens is 301 g/mol. The molecule has 21 heavy (non-hydrogen) atoms. The highest BCUT2D eigenvalue weighted by atomic mass is 32.2. The van der Waals surface area contributed by atoms with Gasteiger partial charge in [0.05, 0.1) is 15.9 Å². The second kappa shape index (κ2) is 7.10. The molecule has 0 heterocycles. The highest BCUT2D eigenvalue weighted by Crippen LogP contribution is 2.24. The fourth-order valence-electron chi connectivity index (χ4n) is 1.63. The van der Waals surface area contributed by atoms with Crippen LogP contribution in [-0.4, -0.2) is 19.9 Å². The van der Waals surface area contributed by atoms with Crippen LogP contribution in [0.1, 0.15) is 24.8 Å². The van der Waals surface area contributed by atoms with Crippen molar-refractivity contribution in [2.75, 3.05) is 6.54 Å². The van der Waals surface area contributed by atoms with Crippen molar-refractivity contribution in [2.24, 2.45) is 0 Å². The fraction of sp³-hybridized carbons (Fsp3) is 0.417. The molecule has 0 aromatic heterocycles. The maximum Gasteiger partial charge on any atom is 0.306 e. The number of nitro groups is 1. The minimum atomic E-state index is -3.95. The van der Waals surface area contributed by atoms with E-state index in [4.69, 9.17) is 5.26 Å². The minimum absolute atomic E-state index is 0.105. The topological polar surface area (TPSA) is 113 Å². The molecule has 7 nitrogen and oxygen atoms in total. The first-order valence-electron chi connectivity index (χ1n) is 6.10. The highest BCUT2D eigenvalue weighted by Gasteiger charge is 2.23. The molecule has 9 heteroatoms. The Labute approximate surface area is 121 Å². The first kappa shape index (κ1) is 17.0. The molecule has 0 amide bonds. The van der Waals surface area contributed by atoms with Gasteiger partial charge in [-0.1, -0.05) is 0 Å². The summed E-state index contributed by atoms with van der Waals surface area (Å²) in [5, 5.41) is 19.1. The Morgan fingerprint density at radius 3 is 2.67 bits per heavy atom. The first-order valence-corrected chi connectivity index (χ1v) is 7.59. The number of halogens is 1. The van der Waals surface area contributed by atoms with Crippen LogP contribution < -0.4 is 4.72 Å². The number of hydrogen-bond acceptors (Lipinski definition) is 5. The molecular formula is C12H14FN3O4S. The average molecular weight is 315 g/mol. The van der Waals surface area contributed by atoms with E-state index in [1.807, 2.05) is 6.07 Å². The Hall–Kier alpha value is -2.05. The minimum Gasteiger partial charge on any atom is -0.258 e. The summed E-state index contributed by atoms with van der Waals surface area (Å²) in [4.78, 5) is 9.39. The monoisotopic (exact) mass is 315 g/mol. The van der Waals surface area contributed by atoms with Crippen LogP contribution in [0.3, 0.4) is 0 Å². The molecule has 0 aliphatic carbocycles. The van der Waals surface area contributed by atoms with Crippen LogP contribution in [0.15, 0.2) is 17.0 Å². The third kappa shape index (κ3) is 4.47. The van der Waals surface area contributed by atoms with Crippen LogP contribution in [0.2, 0.25) is 0 Å². The van der Waals surface area contributed by atoms with E-state index in [1.165, 1.54) is 6.92 Å². The van der Waals surface area contributed by atoms with Gasteiger partial charge in [-0.2, -0.15) is 9.65 Å². The van der Waals surface area contributed by atoms with Gasteiger partial charge in [-0.15, -0.1) is 0 Å². The summed E-state index contributed by atoms with van der Waals surface area (Å²) in [7, 11) is -3.95. The number of nitriles is 1. The molecule has 0 atom stereocenters. The molecule has 1 rings (SSSR count). The van der Waals surface area contributed by atoms with Gasteiger partial charge in [0.25, 0.3) is 0 Å². The number of hydrogen-bond donors (Lipinski definition) is 1. The van der Waals surface area contributed by atoms with Gasteiger partial charge in [-0.05, 0) is 31.4 Å². The van der Waals surface area contributed by atoms with Gasteiger partial charge in [-0.3, -0.25) is 10.1 Å². The van der Waals surface area contributed by atoms with Crippen molar-refractivity contribution in [1.29, 1.82) is 5.26 Å². The van der Waals surface area contributed by atoms with Crippen molar-refractivity contribution in [2.45, 2.75) is 31.1 Å². The summed E-state index contributed by atoms with van der Waals surface area (Å²) in [6, 6.07) is 3.67. The van der Waals surface area contributed by atoms with Gasteiger partial charge >= 0.3 is 5.69 Å². The quantitative estimate of drug-likeness (QED) is 0.470. The van der Waals surface area contributed by atoms with Gasteiger partial charge in [-0.25, -0.2) is 13.1 Å². The number of nitrogens with one attached hydrogen (secondary N) is 1. The van der Waals surface area contributed by atoms with Crippen LogP contribution in [0.4, 0.5) is 10.1 Å². The third-order valence-electron chi connectivity index (χ3n) is 2.72. The molecule has 0 fully saturated rings. The maximum absolute atomic E-state index is 13.5. The Balaban J connectivity index is 2.94. The smallest absolute Gasteiger partial charge is 0.258 e. The van der Waals surface area contributed by atoms with Gasteiger partial charge < -0.3 is 0 Å². The third-order valence-corrected chi connectivity index (χ3v) is 4.16. The molecule has 0 radical (unpaired) electrons. The van der Waals surface area contributed by atoms with E-state index in [-0.39, 0.29) is 17.0 Å². The molecule has 0 saturated heterocycles. The van der Waals surface area contributed by atoms with Crippen molar-refractivity contribution in [3.05, 3.63) is 33.6 Å². The Kier molecular flexibility index (Phi) is 5.75. The van der Waals surface area contributed by atoms with E-state index in [0.717, 1.165) is 6.07 Å². The maximum atomic E-state index is 13.5. The van der Waals surface area contributed by atoms with Crippen LogP contribution in [0, 0.1) is 34.2 Å². The zero-order chi connectivity index (χ0) is 16.0. The lowest BCUT2D eigenvalue weighted by Crippen LogP contribution is -2.25. The first-order chi connectivity index (χ1) is 9.79. The normalized spacial score (nSPS) is 11.1. The lowest BCUT2D eigenvalue weighted by Gasteiger charge is -2.08. The molecule has 114 valence electrons. The summed E-state index contributed by atoms with van der Waals surface area (Å²) in [6.45, 7) is 1.36. The molecule has 0 unspecified atom stereocenters. The van der Waals surface area contributed by atoms with Crippen LogP contribution in [0.5, 0.6) is 0 Å². The number of nitrogens with zero attached hydrogens (tertiary/aromatic N) is 2. The largest absolute Gasteiger partial charge is 0.306 e. The Morgan fingerprint density at radius 1 is 1.43 bits per heavy atom. The molecule has 1 aromatic rings. The predicted octanol–water partition coefficient (Wildman–Crippen LogP) is 2.01. The van der Waals surface area contributed by atoms with E-state index >= 15 is 0 Å². The number of sulfonamides is 1. The van der Waals surface area contributed by atoms with Gasteiger partial charge in [0, 0.05) is 19.0 Å². The second-order valence-corrected chi connectivity index (χ2v) is 6.11. The second-order valence-electron chi connectivity index (χ2n) is 4.34. The SMILES string of the molecule is Cc1cc(S(=O)(=O)NCCCCC#N)cc([N+](=O)[O-])c1F. The zero-order valence-corrected chi connectivity index (χ0v) is 12.1. The number of nitro benzene ring substituents is 1. The summed E-state index contributed by atoms with van der Waals surface area (Å²) >= 11 is 0. The molecule has 0 aliphatic rings. The standard InChI is InChI=1S/C12H14FN3O4S/c1-9-7-10(8-11(12(9)13)16(17)18)21(19,20)15-6-4-2-3-5-14/h7-8,15H,2-4,6H2,1H3. The van der Waals surface area contributed by atoms with E-state index in [0.29, 0.717) is 25.3 Å². The van der Waals surface area contributed by atoms with E-state index in [1.54, 1.807) is 0 Å². The summed E-state index contributed by atoms with van der Waals surface area (Å²) < 4.78 is 39.8. The molecule has 0 bridgehead atoms. The van der Waals surface area contributed by atoms with E-state index < -0.39 is 26.5 Å². The summed E-state index contributed by atoms with van der Waals surface area (Å²) in [5.74, 6) is -1.05. The Morgan fingerprint density at radius 2 is 2.10 bits per heavy atom. The lowest BCUT2D eigenvalue weighted by molar-refractivity contribution is -0.387. The Bertz CT molecular complexity index is 682. The summed E-state index contributed by atoms with van der Waals surface area (Å²) in [5.41, 5.74) is -0.992. The van der Waals surface area contributed by atoms with Crippen molar-refractivity contribution in [3.63, 3.8) is 0 Å². The molecule has 0 spiro atoms. The zero-order valence-electron chi connectivity index (χ0n) is 11.3. The average Bonchev–Trinajstić information content (AvgIpc) is 2.40. The fourth-order valence-corrected chi connectivity index (χ4v) is 2.80. The number of unbranched alkanes of at least 4 members (excludes halogenated alkanes) is 2. The van der Waals surface area contributed by atoms with E-state index in [9.17, 15) is 22.9 Å².